The van der Waals surface area contributed by atoms with Crippen LogP contribution in [0.2, 0.25) is 0 Å². The Morgan fingerprint density at radius 2 is 1.58 bits per heavy atom. The van der Waals surface area contributed by atoms with E-state index >= 15 is 0 Å². The van der Waals surface area contributed by atoms with E-state index in [4.69, 9.17) is 5.11 Å². The molecule has 8 nitrogen and oxygen atoms in total. The third-order valence-corrected chi connectivity index (χ3v) is 5.79. The van der Waals surface area contributed by atoms with Gasteiger partial charge in [0.2, 0.25) is 0 Å². The van der Waals surface area contributed by atoms with Crippen LogP contribution in [0.25, 0.3) is 0 Å². The van der Waals surface area contributed by atoms with Gasteiger partial charge in [0.05, 0.1) is 22.8 Å². The number of nitrogens with zero attached hydrogens (tertiary/aromatic N) is 1. The molecule has 0 radical (unpaired) electrons. The van der Waals surface area contributed by atoms with E-state index in [-0.39, 0.29) is 23.0 Å². The maximum Gasteiger partial charge on any atom is 0.266 e. The van der Waals surface area contributed by atoms with Crippen molar-refractivity contribution in [3.63, 3.8) is 0 Å². The lowest BCUT2D eigenvalue weighted by molar-refractivity contribution is 0.0951. The topological polar surface area (TPSA) is 125 Å². The molecule has 3 N–H and O–H groups in total. The molecule has 0 aliphatic heterocycles. The highest BCUT2D eigenvalue weighted by atomic mass is 32.2. The van der Waals surface area contributed by atoms with Gasteiger partial charge in [-0.05, 0) is 48.4 Å². The zero-order valence-electron chi connectivity index (χ0n) is 16.5. The molecule has 160 valence electrons. The maximum atomic E-state index is 12.5. The summed E-state index contributed by atoms with van der Waals surface area (Å²) in [6.07, 6.45) is 1.72. The predicted molar refractivity (Wildman–Crippen MR) is 114 cm³/mol. The van der Waals surface area contributed by atoms with Crippen LogP contribution in [0.5, 0.6) is 0 Å². The molecule has 31 heavy (non-hydrogen) atoms. The number of carbonyl (C=O) groups is 2. The van der Waals surface area contributed by atoms with E-state index in [0.717, 1.165) is 5.56 Å². The largest absolute Gasteiger partial charge is 0.390 e. The van der Waals surface area contributed by atoms with E-state index in [1.807, 2.05) is 10.8 Å². The van der Waals surface area contributed by atoms with Gasteiger partial charge in [0.15, 0.2) is 0 Å². The molecule has 0 saturated heterocycles. The maximum absolute atomic E-state index is 12.5. The summed E-state index contributed by atoms with van der Waals surface area (Å²) in [6, 6.07) is 17.7. The second kappa shape index (κ2) is 9.96. The predicted octanol–water partition coefficient (Wildman–Crippen LogP) is 1.67. The highest BCUT2D eigenvalue weighted by Gasteiger charge is 2.19. The van der Waals surface area contributed by atoms with Crippen molar-refractivity contribution in [3.8, 4) is 0 Å². The highest BCUT2D eigenvalue weighted by Crippen LogP contribution is 2.12. The van der Waals surface area contributed by atoms with Crippen LogP contribution < -0.4 is 10.0 Å². The molecule has 0 bridgehead atoms. The lowest BCUT2D eigenvalue weighted by Gasteiger charge is -2.09. The van der Waals surface area contributed by atoms with Crippen LogP contribution in [0.4, 0.5) is 0 Å². The highest BCUT2D eigenvalue weighted by molar-refractivity contribution is 7.90. The molecule has 0 aliphatic rings. The first-order valence-electron chi connectivity index (χ1n) is 9.44. The van der Waals surface area contributed by atoms with Crippen molar-refractivity contribution in [2.24, 2.45) is 0 Å². The van der Waals surface area contributed by atoms with E-state index in [2.05, 4.69) is 10.3 Å². The van der Waals surface area contributed by atoms with Gasteiger partial charge >= 0.3 is 0 Å². The molecule has 1 heterocycles. The summed E-state index contributed by atoms with van der Waals surface area (Å²) in [5.41, 5.74) is 1.84. The Balaban J connectivity index is 1.56. The van der Waals surface area contributed by atoms with E-state index < -0.39 is 15.9 Å². The first-order valence-corrected chi connectivity index (χ1v) is 10.9. The fraction of sp³-hybridized carbons (Fsp3) is 0.136. The van der Waals surface area contributed by atoms with Gasteiger partial charge in [-0.2, -0.15) is 0 Å². The Labute approximate surface area is 180 Å². The molecule has 0 atom stereocenters. The number of nitrogens with one attached hydrogen (secondary N) is 2. The number of amides is 2. The van der Waals surface area contributed by atoms with Gasteiger partial charge in [0.25, 0.3) is 21.8 Å². The van der Waals surface area contributed by atoms with Crippen LogP contribution in [0.3, 0.4) is 0 Å². The Kier molecular flexibility index (Phi) is 7.11. The molecule has 9 heteroatoms. The minimum Gasteiger partial charge on any atom is -0.390 e. The van der Waals surface area contributed by atoms with Crippen molar-refractivity contribution < 1.29 is 23.1 Å². The average Bonchev–Trinajstić information content (AvgIpc) is 2.79. The molecule has 1 aromatic heterocycles. The standard InChI is InChI=1S/C22H21N3O5S/c26-15-19-9-8-18(14-24-19)22(28)25-31(29,30)20-10-6-16(7-11-20)12-13-23-21(27)17-4-2-1-3-5-17/h1-11,14,26H,12-13,15H2,(H,23,27)(H,25,28). The summed E-state index contributed by atoms with van der Waals surface area (Å²) in [6.45, 7) is 0.121. The number of rotatable bonds is 8. The van der Waals surface area contributed by atoms with Crippen LogP contribution >= 0.6 is 0 Å². The molecular weight excluding hydrogens is 418 g/mol. The second-order valence-corrected chi connectivity index (χ2v) is 8.33. The van der Waals surface area contributed by atoms with E-state index in [9.17, 15) is 18.0 Å². The average molecular weight is 439 g/mol. The minimum absolute atomic E-state index is 0.0575. The van der Waals surface area contributed by atoms with Crippen molar-refractivity contribution in [3.05, 3.63) is 95.3 Å². The SMILES string of the molecule is O=C(NCCc1ccc(S(=O)(=O)NC(=O)c2ccc(CO)nc2)cc1)c1ccccc1. The van der Waals surface area contributed by atoms with Crippen LogP contribution in [0.15, 0.2) is 77.8 Å². The molecule has 3 aromatic rings. The number of benzene rings is 2. The van der Waals surface area contributed by atoms with Crippen molar-refractivity contribution in [1.82, 2.24) is 15.0 Å². The summed E-state index contributed by atoms with van der Waals surface area (Å²) in [7, 11) is -4.06. The first kappa shape index (κ1) is 22.1. The molecular formula is C22H21N3O5S. The van der Waals surface area contributed by atoms with E-state index in [1.54, 1.807) is 36.4 Å². The van der Waals surface area contributed by atoms with Gasteiger partial charge in [-0.3, -0.25) is 14.6 Å². The van der Waals surface area contributed by atoms with Crippen molar-refractivity contribution in [2.45, 2.75) is 17.9 Å². The normalized spacial score (nSPS) is 11.0. The summed E-state index contributed by atoms with van der Waals surface area (Å²) in [4.78, 5) is 28.0. The molecule has 2 aromatic carbocycles. The molecule has 0 fully saturated rings. The lowest BCUT2D eigenvalue weighted by Crippen LogP contribution is -2.30. The van der Waals surface area contributed by atoms with E-state index in [0.29, 0.717) is 24.2 Å². The van der Waals surface area contributed by atoms with E-state index in [1.165, 1.54) is 30.5 Å². The summed E-state index contributed by atoms with van der Waals surface area (Å²) < 4.78 is 26.9. The second-order valence-electron chi connectivity index (χ2n) is 6.65. The minimum atomic E-state index is -4.06. The molecule has 0 aliphatic carbocycles. The van der Waals surface area contributed by atoms with Gasteiger partial charge in [-0.25, -0.2) is 13.1 Å². The quantitative estimate of drug-likeness (QED) is 0.490. The summed E-state index contributed by atoms with van der Waals surface area (Å²) in [5, 5.41) is 11.8. The zero-order valence-corrected chi connectivity index (χ0v) is 17.3. The van der Waals surface area contributed by atoms with Gasteiger partial charge in [-0.15, -0.1) is 0 Å². The van der Waals surface area contributed by atoms with Gasteiger partial charge < -0.3 is 10.4 Å². The van der Waals surface area contributed by atoms with Gasteiger partial charge in [0.1, 0.15) is 0 Å². The lowest BCUT2D eigenvalue weighted by atomic mass is 10.1. The Bertz CT molecular complexity index is 1150. The number of hydrogen-bond acceptors (Lipinski definition) is 6. The van der Waals surface area contributed by atoms with Crippen LogP contribution in [-0.2, 0) is 23.1 Å². The smallest absolute Gasteiger partial charge is 0.266 e. The van der Waals surface area contributed by atoms with Crippen molar-refractivity contribution in [1.29, 1.82) is 0 Å². The molecule has 3 rings (SSSR count). The van der Waals surface area contributed by atoms with Crippen LogP contribution in [0, 0.1) is 0 Å². The van der Waals surface area contributed by atoms with Gasteiger partial charge in [-0.1, -0.05) is 30.3 Å². The van der Waals surface area contributed by atoms with Crippen LogP contribution in [-0.4, -0.2) is 36.9 Å². The monoisotopic (exact) mass is 439 g/mol. The Morgan fingerprint density at radius 3 is 2.19 bits per heavy atom. The number of aliphatic hydroxyl groups excluding tert-OH is 1. The summed E-state index contributed by atoms with van der Waals surface area (Å²) >= 11 is 0. The third kappa shape index (κ3) is 5.97. The molecule has 2 amide bonds. The van der Waals surface area contributed by atoms with Crippen molar-refractivity contribution in [2.75, 3.05) is 6.54 Å². The fourth-order valence-electron chi connectivity index (χ4n) is 2.74. The third-order valence-electron chi connectivity index (χ3n) is 4.44. The van der Waals surface area contributed by atoms with Crippen molar-refractivity contribution >= 4 is 21.8 Å². The first-order chi connectivity index (χ1) is 14.9. The number of aromatic nitrogens is 1. The number of sulfonamides is 1. The number of hydrogen-bond donors (Lipinski definition) is 3. The Morgan fingerprint density at radius 1 is 0.871 bits per heavy atom. The Hall–Kier alpha value is -3.56. The number of aliphatic hydroxyl groups is 1. The van der Waals surface area contributed by atoms with Gasteiger partial charge in [0, 0.05) is 18.3 Å². The molecule has 0 saturated carbocycles. The zero-order chi connectivity index (χ0) is 22.3. The molecule has 0 spiro atoms. The number of carbonyl (C=O) groups excluding carboxylic acids is 2. The van der Waals surface area contributed by atoms with Crippen LogP contribution in [0.1, 0.15) is 32.0 Å². The summed E-state index contributed by atoms with van der Waals surface area (Å²) in [5.74, 6) is -0.992. The molecule has 0 unspecified atom stereocenters. The number of pyridine rings is 1. The fourth-order valence-corrected chi connectivity index (χ4v) is 3.71.